The van der Waals surface area contributed by atoms with Gasteiger partial charge in [0.2, 0.25) is 5.91 Å². The number of benzene rings is 1. The highest BCUT2D eigenvalue weighted by Gasteiger charge is 2.20. The average Bonchev–Trinajstić information content (AvgIpc) is 2.39. The van der Waals surface area contributed by atoms with Crippen molar-refractivity contribution in [3.05, 3.63) is 35.9 Å². The van der Waals surface area contributed by atoms with E-state index in [0.29, 0.717) is 6.29 Å². The molecule has 1 aromatic rings. The Kier molecular flexibility index (Phi) is 6.08. The van der Waals surface area contributed by atoms with Crippen LogP contribution in [0.25, 0.3) is 0 Å². The molecular formula is C13H16N2O4. The second kappa shape index (κ2) is 7.86. The first-order valence-corrected chi connectivity index (χ1v) is 5.88. The standard InChI is InChI=1S/C13H16N2O4/c16-8-4-7-14-12(17)11(15-13(18)19)9-10-5-2-1-3-6-10/h1-3,5-6,8,11,15H,4,7,9H2,(H,14,17)(H,18,19)/t11-/m0/s1. The average molecular weight is 264 g/mol. The summed E-state index contributed by atoms with van der Waals surface area (Å²) in [4.78, 5) is 32.7. The Labute approximate surface area is 110 Å². The second-order valence-corrected chi connectivity index (χ2v) is 3.94. The summed E-state index contributed by atoms with van der Waals surface area (Å²) in [6.07, 6.45) is -0.0971. The van der Waals surface area contributed by atoms with Gasteiger partial charge in [0.15, 0.2) is 0 Å². The van der Waals surface area contributed by atoms with Crippen molar-refractivity contribution in [2.45, 2.75) is 18.9 Å². The number of amides is 2. The summed E-state index contributed by atoms with van der Waals surface area (Å²) in [5.41, 5.74) is 0.854. The minimum Gasteiger partial charge on any atom is -0.465 e. The topological polar surface area (TPSA) is 95.5 Å². The van der Waals surface area contributed by atoms with Gasteiger partial charge in [-0.25, -0.2) is 4.79 Å². The molecule has 0 aromatic heterocycles. The molecule has 1 atom stereocenters. The molecule has 1 aromatic carbocycles. The molecule has 0 radical (unpaired) electrons. The smallest absolute Gasteiger partial charge is 0.405 e. The Morgan fingerprint density at radius 2 is 1.95 bits per heavy atom. The zero-order chi connectivity index (χ0) is 14.1. The number of rotatable bonds is 7. The zero-order valence-electron chi connectivity index (χ0n) is 10.3. The quantitative estimate of drug-likeness (QED) is 0.495. The van der Waals surface area contributed by atoms with Crippen molar-refractivity contribution in [3.63, 3.8) is 0 Å². The van der Waals surface area contributed by atoms with Gasteiger partial charge in [-0.05, 0) is 5.56 Å². The molecule has 102 valence electrons. The molecule has 0 saturated heterocycles. The fourth-order valence-electron chi connectivity index (χ4n) is 1.59. The highest BCUT2D eigenvalue weighted by atomic mass is 16.4. The number of carboxylic acid groups (broad SMARTS) is 1. The lowest BCUT2D eigenvalue weighted by Crippen LogP contribution is -2.47. The molecule has 0 bridgehead atoms. The Balaban J connectivity index is 2.63. The van der Waals surface area contributed by atoms with Gasteiger partial charge in [0.1, 0.15) is 12.3 Å². The van der Waals surface area contributed by atoms with Crippen LogP contribution in [-0.4, -0.2) is 36.0 Å². The molecule has 0 saturated carbocycles. The van der Waals surface area contributed by atoms with Gasteiger partial charge in [0.25, 0.3) is 0 Å². The maximum Gasteiger partial charge on any atom is 0.405 e. The van der Waals surface area contributed by atoms with Gasteiger partial charge >= 0.3 is 6.09 Å². The van der Waals surface area contributed by atoms with Crippen LogP contribution in [0.5, 0.6) is 0 Å². The SMILES string of the molecule is O=CCCNC(=O)[C@H](Cc1ccccc1)NC(=O)O. The molecule has 1 rings (SSSR count). The summed E-state index contributed by atoms with van der Waals surface area (Å²) in [6.45, 7) is 0.203. The van der Waals surface area contributed by atoms with Crippen molar-refractivity contribution in [2.75, 3.05) is 6.54 Å². The molecule has 6 heteroatoms. The molecule has 0 unspecified atom stereocenters. The van der Waals surface area contributed by atoms with Crippen LogP contribution in [0.2, 0.25) is 0 Å². The van der Waals surface area contributed by atoms with Crippen molar-refractivity contribution in [2.24, 2.45) is 0 Å². The minimum absolute atomic E-state index is 0.203. The van der Waals surface area contributed by atoms with Gasteiger partial charge in [-0.15, -0.1) is 0 Å². The molecule has 0 spiro atoms. The molecule has 0 aliphatic carbocycles. The van der Waals surface area contributed by atoms with E-state index in [1.807, 2.05) is 30.3 Å². The first kappa shape index (κ1) is 14.7. The van der Waals surface area contributed by atoms with E-state index in [9.17, 15) is 14.4 Å². The summed E-state index contributed by atoms with van der Waals surface area (Å²) in [6, 6.07) is 8.23. The van der Waals surface area contributed by atoms with E-state index in [1.165, 1.54) is 0 Å². The van der Waals surface area contributed by atoms with Gasteiger partial charge in [0, 0.05) is 19.4 Å². The number of aldehydes is 1. The van der Waals surface area contributed by atoms with E-state index >= 15 is 0 Å². The van der Waals surface area contributed by atoms with Crippen LogP contribution in [0.4, 0.5) is 4.79 Å². The van der Waals surface area contributed by atoms with Crippen molar-refractivity contribution < 1.29 is 19.5 Å². The molecule has 0 aliphatic rings. The molecular weight excluding hydrogens is 248 g/mol. The van der Waals surface area contributed by atoms with Crippen molar-refractivity contribution in [3.8, 4) is 0 Å². The van der Waals surface area contributed by atoms with Gasteiger partial charge in [-0.1, -0.05) is 30.3 Å². The predicted octanol–water partition coefficient (Wildman–Crippen LogP) is 0.570. The third-order valence-electron chi connectivity index (χ3n) is 2.46. The second-order valence-electron chi connectivity index (χ2n) is 3.94. The molecule has 6 nitrogen and oxygen atoms in total. The molecule has 0 heterocycles. The lowest BCUT2D eigenvalue weighted by atomic mass is 10.1. The summed E-state index contributed by atoms with van der Waals surface area (Å²) in [5, 5.41) is 13.4. The maximum absolute atomic E-state index is 11.8. The summed E-state index contributed by atoms with van der Waals surface area (Å²) in [5.74, 6) is -0.437. The maximum atomic E-state index is 11.8. The zero-order valence-corrected chi connectivity index (χ0v) is 10.3. The first-order valence-electron chi connectivity index (χ1n) is 5.88. The minimum atomic E-state index is -1.26. The van der Waals surface area contributed by atoms with E-state index in [2.05, 4.69) is 10.6 Å². The van der Waals surface area contributed by atoms with Crippen molar-refractivity contribution in [1.29, 1.82) is 0 Å². The van der Waals surface area contributed by atoms with Crippen LogP contribution in [-0.2, 0) is 16.0 Å². The monoisotopic (exact) mass is 264 g/mol. The van der Waals surface area contributed by atoms with Crippen LogP contribution < -0.4 is 10.6 Å². The summed E-state index contributed by atoms with van der Waals surface area (Å²) >= 11 is 0. The molecule has 2 amide bonds. The Morgan fingerprint density at radius 3 is 2.53 bits per heavy atom. The van der Waals surface area contributed by atoms with E-state index in [1.54, 1.807) is 0 Å². The number of hydrogen-bond donors (Lipinski definition) is 3. The third kappa shape index (κ3) is 5.67. The van der Waals surface area contributed by atoms with E-state index in [-0.39, 0.29) is 19.4 Å². The van der Waals surface area contributed by atoms with Gasteiger partial charge in [-0.3, -0.25) is 4.79 Å². The Bertz CT molecular complexity index is 434. The fraction of sp³-hybridized carbons (Fsp3) is 0.308. The highest BCUT2D eigenvalue weighted by molar-refractivity contribution is 5.85. The van der Waals surface area contributed by atoms with Gasteiger partial charge < -0.3 is 20.5 Å². The van der Waals surface area contributed by atoms with E-state index < -0.39 is 18.0 Å². The van der Waals surface area contributed by atoms with E-state index in [4.69, 9.17) is 5.11 Å². The van der Waals surface area contributed by atoms with Crippen molar-refractivity contribution >= 4 is 18.3 Å². The molecule has 3 N–H and O–H groups in total. The summed E-state index contributed by atoms with van der Waals surface area (Å²) in [7, 11) is 0. The number of hydrogen-bond acceptors (Lipinski definition) is 3. The summed E-state index contributed by atoms with van der Waals surface area (Å²) < 4.78 is 0. The van der Waals surface area contributed by atoms with Crippen LogP contribution in [0.1, 0.15) is 12.0 Å². The Hall–Kier alpha value is -2.37. The lowest BCUT2D eigenvalue weighted by Gasteiger charge is -2.16. The largest absolute Gasteiger partial charge is 0.465 e. The lowest BCUT2D eigenvalue weighted by molar-refractivity contribution is -0.123. The van der Waals surface area contributed by atoms with Gasteiger partial charge in [-0.2, -0.15) is 0 Å². The Morgan fingerprint density at radius 1 is 1.26 bits per heavy atom. The highest BCUT2D eigenvalue weighted by Crippen LogP contribution is 2.03. The normalized spacial score (nSPS) is 11.4. The predicted molar refractivity (Wildman–Crippen MR) is 68.8 cm³/mol. The van der Waals surface area contributed by atoms with Crippen LogP contribution in [0.15, 0.2) is 30.3 Å². The van der Waals surface area contributed by atoms with E-state index in [0.717, 1.165) is 5.56 Å². The third-order valence-corrected chi connectivity index (χ3v) is 2.46. The molecule has 0 aliphatic heterocycles. The van der Waals surface area contributed by atoms with Crippen LogP contribution >= 0.6 is 0 Å². The van der Waals surface area contributed by atoms with Crippen LogP contribution in [0.3, 0.4) is 0 Å². The number of carbonyl (C=O) groups excluding carboxylic acids is 2. The van der Waals surface area contributed by atoms with Crippen molar-refractivity contribution in [1.82, 2.24) is 10.6 Å². The first-order chi connectivity index (χ1) is 9.13. The number of carbonyl (C=O) groups is 3. The van der Waals surface area contributed by atoms with Gasteiger partial charge in [0.05, 0.1) is 0 Å². The fourth-order valence-corrected chi connectivity index (χ4v) is 1.59. The van der Waals surface area contributed by atoms with Crippen LogP contribution in [0, 0.1) is 0 Å². The molecule has 0 fully saturated rings. The molecule has 19 heavy (non-hydrogen) atoms. The number of nitrogens with one attached hydrogen (secondary N) is 2.